The van der Waals surface area contributed by atoms with Crippen LogP contribution in [0.5, 0.6) is 0 Å². The lowest BCUT2D eigenvalue weighted by molar-refractivity contribution is -0.0279. The first-order valence-corrected chi connectivity index (χ1v) is 6.35. The van der Waals surface area contributed by atoms with Crippen LogP contribution >= 0.6 is 0 Å². The zero-order valence-corrected chi connectivity index (χ0v) is 10.6. The van der Waals surface area contributed by atoms with Crippen LogP contribution in [0.4, 0.5) is 0 Å². The maximum absolute atomic E-state index is 2.47. The minimum atomic E-state index is 0.638. The molecular formula is C14H26. The third kappa shape index (κ3) is 1.76. The smallest absolute Gasteiger partial charge is 0.0146 e. The largest absolute Gasteiger partial charge is 0.0853 e. The van der Waals surface area contributed by atoms with E-state index in [1.165, 1.54) is 25.7 Å². The van der Waals surface area contributed by atoms with E-state index in [1.807, 2.05) is 13.8 Å². The number of fused-ring (bicyclic) bond motifs is 2. The molecule has 3 saturated carbocycles. The molecular weight excluding hydrogens is 168 g/mol. The molecule has 14 heavy (non-hydrogen) atoms. The molecule has 0 aromatic carbocycles. The second-order valence-electron chi connectivity index (χ2n) is 5.03. The van der Waals surface area contributed by atoms with E-state index < -0.39 is 0 Å². The highest BCUT2D eigenvalue weighted by molar-refractivity contribution is 5.21. The summed E-state index contributed by atoms with van der Waals surface area (Å²) in [4.78, 5) is 0. The maximum atomic E-state index is 2.47. The molecule has 3 aliphatic carbocycles. The molecule has 2 atom stereocenters. The fraction of sp³-hybridized carbons (Fsp3) is 0.857. The maximum Gasteiger partial charge on any atom is -0.0146 e. The van der Waals surface area contributed by atoms with Crippen molar-refractivity contribution in [3.05, 3.63) is 11.6 Å². The Labute approximate surface area is 89.8 Å². The summed E-state index contributed by atoms with van der Waals surface area (Å²) in [5, 5.41) is 0. The van der Waals surface area contributed by atoms with Gasteiger partial charge in [0.25, 0.3) is 0 Å². The zero-order valence-electron chi connectivity index (χ0n) is 10.6. The monoisotopic (exact) mass is 194 g/mol. The van der Waals surface area contributed by atoms with Gasteiger partial charge in [0.05, 0.1) is 0 Å². The molecule has 0 heteroatoms. The van der Waals surface area contributed by atoms with Crippen LogP contribution in [0.25, 0.3) is 0 Å². The van der Waals surface area contributed by atoms with E-state index in [4.69, 9.17) is 0 Å². The number of rotatable bonds is 1. The van der Waals surface area contributed by atoms with Gasteiger partial charge in [-0.05, 0) is 42.9 Å². The van der Waals surface area contributed by atoms with E-state index in [-0.39, 0.29) is 0 Å². The lowest BCUT2D eigenvalue weighted by atomic mass is 9.47. The summed E-state index contributed by atoms with van der Waals surface area (Å²) in [6, 6.07) is 0. The topological polar surface area (TPSA) is 0 Å². The molecule has 82 valence electrons. The normalized spacial score (nSPS) is 35.6. The summed E-state index contributed by atoms with van der Waals surface area (Å²) >= 11 is 0. The first-order chi connectivity index (χ1) is 6.66. The van der Waals surface area contributed by atoms with E-state index in [2.05, 4.69) is 26.8 Å². The van der Waals surface area contributed by atoms with Crippen molar-refractivity contribution in [1.82, 2.24) is 0 Å². The van der Waals surface area contributed by atoms with Crippen LogP contribution in [0.15, 0.2) is 11.6 Å². The van der Waals surface area contributed by atoms with Crippen molar-refractivity contribution >= 4 is 0 Å². The van der Waals surface area contributed by atoms with Gasteiger partial charge in [0, 0.05) is 0 Å². The van der Waals surface area contributed by atoms with Gasteiger partial charge in [0.1, 0.15) is 0 Å². The highest BCUT2D eigenvalue weighted by Crippen LogP contribution is 2.61. The lowest BCUT2D eigenvalue weighted by Gasteiger charge is -2.58. The Hall–Kier alpha value is -0.260. The molecule has 0 nitrogen and oxygen atoms in total. The summed E-state index contributed by atoms with van der Waals surface area (Å²) in [5.41, 5.74) is 2.41. The van der Waals surface area contributed by atoms with Gasteiger partial charge < -0.3 is 0 Å². The van der Waals surface area contributed by atoms with Gasteiger partial charge in [-0.25, -0.2) is 0 Å². The Morgan fingerprint density at radius 3 is 2.43 bits per heavy atom. The Morgan fingerprint density at radius 2 is 2.00 bits per heavy atom. The molecule has 0 amide bonds. The lowest BCUT2D eigenvalue weighted by Crippen LogP contribution is -2.49. The molecule has 0 aromatic heterocycles. The fourth-order valence-electron chi connectivity index (χ4n) is 3.16. The molecule has 0 N–H and O–H groups in total. The van der Waals surface area contributed by atoms with Gasteiger partial charge in [-0.2, -0.15) is 0 Å². The molecule has 0 aromatic rings. The molecule has 2 unspecified atom stereocenters. The van der Waals surface area contributed by atoms with E-state index in [9.17, 15) is 0 Å². The van der Waals surface area contributed by atoms with Crippen molar-refractivity contribution in [1.29, 1.82) is 0 Å². The molecule has 0 aliphatic heterocycles. The highest BCUT2D eigenvalue weighted by Gasteiger charge is 2.51. The minimum Gasteiger partial charge on any atom is -0.0853 e. The van der Waals surface area contributed by atoms with Crippen molar-refractivity contribution < 1.29 is 0 Å². The first kappa shape index (κ1) is 11.8. The molecule has 3 rings (SSSR count). The van der Waals surface area contributed by atoms with Crippen molar-refractivity contribution in [2.45, 2.75) is 60.3 Å². The van der Waals surface area contributed by atoms with E-state index in [0.29, 0.717) is 5.41 Å². The number of hydrogen-bond donors (Lipinski definition) is 0. The third-order valence-electron chi connectivity index (χ3n) is 4.17. The van der Waals surface area contributed by atoms with Crippen molar-refractivity contribution in [2.75, 3.05) is 0 Å². The summed E-state index contributed by atoms with van der Waals surface area (Å²) in [6.07, 6.45) is 8.04. The minimum absolute atomic E-state index is 0.638. The second kappa shape index (κ2) is 4.51. The van der Waals surface area contributed by atoms with Crippen LogP contribution in [0.1, 0.15) is 60.3 Å². The zero-order chi connectivity index (χ0) is 10.8. The van der Waals surface area contributed by atoms with Crippen molar-refractivity contribution in [3.8, 4) is 0 Å². The molecule has 3 aliphatic rings. The standard InChI is InChI=1S/C12H20.C2H6/c1-4-5-9-6-7-10-8-11(9)12(10,2)3;1-2/h5,10-11H,4,6-8H2,1-3H3;1-2H3/b9-5+;. The molecule has 3 fully saturated rings. The summed E-state index contributed by atoms with van der Waals surface area (Å²) in [7, 11) is 0. The fourth-order valence-corrected chi connectivity index (χ4v) is 3.16. The molecule has 0 heterocycles. The number of hydrogen-bond acceptors (Lipinski definition) is 0. The van der Waals surface area contributed by atoms with E-state index in [0.717, 1.165) is 11.8 Å². The summed E-state index contributed by atoms with van der Waals surface area (Å²) < 4.78 is 0. The third-order valence-corrected chi connectivity index (χ3v) is 4.17. The predicted molar refractivity (Wildman–Crippen MR) is 64.3 cm³/mol. The predicted octanol–water partition coefficient (Wildman–Crippen LogP) is 4.81. The molecule has 2 bridgehead atoms. The highest BCUT2D eigenvalue weighted by atomic mass is 14.6. The van der Waals surface area contributed by atoms with Crippen LogP contribution in [0, 0.1) is 17.3 Å². The van der Waals surface area contributed by atoms with Gasteiger partial charge in [0.2, 0.25) is 0 Å². The van der Waals surface area contributed by atoms with Gasteiger partial charge in [-0.3, -0.25) is 0 Å². The number of allylic oxidation sites excluding steroid dienone is 2. The van der Waals surface area contributed by atoms with Crippen LogP contribution in [-0.2, 0) is 0 Å². The first-order valence-electron chi connectivity index (χ1n) is 6.35. The molecule has 0 saturated heterocycles. The van der Waals surface area contributed by atoms with Crippen LogP contribution in [0.2, 0.25) is 0 Å². The Bertz CT molecular complexity index is 208. The quantitative estimate of drug-likeness (QED) is 0.526. The van der Waals surface area contributed by atoms with Crippen LogP contribution in [-0.4, -0.2) is 0 Å². The second-order valence-corrected chi connectivity index (χ2v) is 5.03. The average molecular weight is 194 g/mol. The van der Waals surface area contributed by atoms with Gasteiger partial charge in [0.15, 0.2) is 0 Å². The Balaban J connectivity index is 0.000000461. The van der Waals surface area contributed by atoms with Crippen LogP contribution < -0.4 is 0 Å². The SMILES string of the molecule is CC.CC/C=C1\CCC2CC1C2(C)C. The van der Waals surface area contributed by atoms with Gasteiger partial charge >= 0.3 is 0 Å². The van der Waals surface area contributed by atoms with Crippen molar-refractivity contribution in [3.63, 3.8) is 0 Å². The summed E-state index contributed by atoms with van der Waals surface area (Å²) in [6.45, 7) is 11.2. The van der Waals surface area contributed by atoms with Crippen molar-refractivity contribution in [2.24, 2.45) is 17.3 Å². The molecule has 0 radical (unpaired) electrons. The summed E-state index contributed by atoms with van der Waals surface area (Å²) in [5.74, 6) is 1.98. The van der Waals surface area contributed by atoms with Gasteiger partial charge in [-0.1, -0.05) is 46.3 Å². The molecule has 0 spiro atoms. The Kier molecular flexibility index (Phi) is 3.80. The van der Waals surface area contributed by atoms with E-state index in [1.54, 1.807) is 5.57 Å². The Morgan fingerprint density at radius 1 is 1.36 bits per heavy atom. The average Bonchev–Trinajstić information content (AvgIpc) is 2.21. The van der Waals surface area contributed by atoms with Gasteiger partial charge in [-0.15, -0.1) is 0 Å². The van der Waals surface area contributed by atoms with E-state index >= 15 is 0 Å². The van der Waals surface area contributed by atoms with Crippen LogP contribution in [0.3, 0.4) is 0 Å².